The normalized spacial score (nSPS) is 16.3. The lowest BCUT2D eigenvalue weighted by Crippen LogP contribution is -2.51. The number of amides is 1. The molecule has 1 aliphatic heterocycles. The van der Waals surface area contributed by atoms with Crippen molar-refractivity contribution in [3.63, 3.8) is 0 Å². The van der Waals surface area contributed by atoms with E-state index in [0.29, 0.717) is 5.56 Å². The van der Waals surface area contributed by atoms with E-state index in [0.717, 1.165) is 38.4 Å². The molecule has 4 N–H and O–H groups in total. The van der Waals surface area contributed by atoms with E-state index in [2.05, 4.69) is 21.5 Å². The molecule has 0 saturated carbocycles. The van der Waals surface area contributed by atoms with Crippen molar-refractivity contribution in [1.82, 2.24) is 15.1 Å². The number of aliphatic hydroxyl groups excluding tert-OH is 1. The van der Waals surface area contributed by atoms with Gasteiger partial charge in [-0.25, -0.2) is 13.9 Å². The van der Waals surface area contributed by atoms with Crippen LogP contribution in [0.25, 0.3) is 0 Å². The summed E-state index contributed by atoms with van der Waals surface area (Å²) in [7, 11) is -4.10. The summed E-state index contributed by atoms with van der Waals surface area (Å²) in [5.74, 6) is 4.99. The zero-order valence-corrected chi connectivity index (χ0v) is 19.0. The van der Waals surface area contributed by atoms with Crippen LogP contribution in [0.1, 0.15) is 23.6 Å². The summed E-state index contributed by atoms with van der Waals surface area (Å²) >= 11 is 0. The molecule has 2 aromatic rings. The molecule has 1 amide bonds. The minimum atomic E-state index is -4.10. The lowest BCUT2D eigenvalue weighted by molar-refractivity contribution is -0.133. The van der Waals surface area contributed by atoms with E-state index < -0.39 is 28.1 Å². The predicted octanol–water partition coefficient (Wildman–Crippen LogP) is 0.452. The number of morpholine rings is 1. The molecule has 0 spiro atoms. The molecular formula is C23H27N3O6S. The fraction of sp³-hybridized carbons (Fsp3) is 0.348. The Morgan fingerprint density at radius 1 is 1.06 bits per heavy atom. The van der Waals surface area contributed by atoms with Crippen LogP contribution in [-0.4, -0.2) is 68.0 Å². The van der Waals surface area contributed by atoms with Gasteiger partial charge in [-0.1, -0.05) is 24.0 Å². The summed E-state index contributed by atoms with van der Waals surface area (Å²) in [5, 5.41) is 18.4. The van der Waals surface area contributed by atoms with Crippen molar-refractivity contribution in [2.45, 2.75) is 30.5 Å². The van der Waals surface area contributed by atoms with Crippen molar-refractivity contribution in [2.75, 3.05) is 26.3 Å². The Hall–Kier alpha value is -2.78. The predicted molar refractivity (Wildman–Crippen MR) is 121 cm³/mol. The first-order valence-electron chi connectivity index (χ1n) is 10.4. The molecule has 33 heavy (non-hydrogen) atoms. The van der Waals surface area contributed by atoms with Gasteiger partial charge < -0.3 is 9.84 Å². The van der Waals surface area contributed by atoms with Crippen molar-refractivity contribution in [3.8, 4) is 11.8 Å². The van der Waals surface area contributed by atoms with Crippen molar-refractivity contribution in [1.29, 1.82) is 0 Å². The maximum atomic E-state index is 12.5. The molecule has 3 rings (SSSR count). The highest BCUT2D eigenvalue weighted by molar-refractivity contribution is 7.89. The van der Waals surface area contributed by atoms with Crippen LogP contribution in [0.5, 0.6) is 0 Å². The fourth-order valence-electron chi connectivity index (χ4n) is 3.25. The van der Waals surface area contributed by atoms with E-state index in [1.165, 1.54) is 30.1 Å². The van der Waals surface area contributed by atoms with Crippen molar-refractivity contribution in [3.05, 3.63) is 65.2 Å². The third-order valence-corrected chi connectivity index (χ3v) is 6.59. The highest BCUT2D eigenvalue weighted by Gasteiger charge is 2.29. The number of ether oxygens (including phenoxy) is 1. The number of sulfonamides is 1. The van der Waals surface area contributed by atoms with Gasteiger partial charge in [0.15, 0.2) is 0 Å². The number of hydroxylamine groups is 1. The molecule has 2 atom stereocenters. The van der Waals surface area contributed by atoms with Gasteiger partial charge in [0.1, 0.15) is 6.04 Å². The van der Waals surface area contributed by atoms with E-state index in [4.69, 9.17) is 9.94 Å². The molecule has 176 valence electrons. The fourth-order valence-corrected chi connectivity index (χ4v) is 4.52. The van der Waals surface area contributed by atoms with Crippen molar-refractivity contribution < 1.29 is 28.3 Å². The first-order valence-corrected chi connectivity index (χ1v) is 11.9. The number of nitrogens with zero attached hydrogens (tertiary/aromatic N) is 1. The molecule has 1 unspecified atom stereocenters. The van der Waals surface area contributed by atoms with E-state index >= 15 is 0 Å². The molecule has 0 aliphatic carbocycles. The van der Waals surface area contributed by atoms with Crippen LogP contribution < -0.4 is 10.2 Å². The molecular weight excluding hydrogens is 446 g/mol. The molecule has 1 fully saturated rings. The number of benzene rings is 2. The summed E-state index contributed by atoms with van der Waals surface area (Å²) in [6.45, 7) is 5.49. The van der Waals surface area contributed by atoms with Crippen LogP contribution in [-0.2, 0) is 26.1 Å². The zero-order chi connectivity index (χ0) is 23.8. The second-order valence-corrected chi connectivity index (χ2v) is 9.39. The standard InChI is InChI=1S/C23H27N3O6S/c1-17(27)22(23(28)24-29)25-33(30,31)21-10-8-19(9-11-21)3-2-18-4-6-20(7-5-18)16-26-12-14-32-15-13-26/h4-11,17,22,25,27,29H,12-16H2,1H3,(H,24,28)/t17?,22-/m0/s1. The van der Waals surface area contributed by atoms with Gasteiger partial charge in [-0.3, -0.25) is 14.9 Å². The number of rotatable bonds is 7. The van der Waals surface area contributed by atoms with Crippen LogP contribution in [0.3, 0.4) is 0 Å². The van der Waals surface area contributed by atoms with E-state index in [1.54, 1.807) is 12.1 Å². The number of carbonyl (C=O) groups excluding carboxylic acids is 1. The average molecular weight is 474 g/mol. The Morgan fingerprint density at radius 3 is 2.12 bits per heavy atom. The molecule has 10 heteroatoms. The van der Waals surface area contributed by atoms with Crippen molar-refractivity contribution >= 4 is 15.9 Å². The van der Waals surface area contributed by atoms with Crippen molar-refractivity contribution in [2.24, 2.45) is 0 Å². The second-order valence-electron chi connectivity index (χ2n) is 7.68. The Bertz CT molecular complexity index is 1100. The minimum Gasteiger partial charge on any atom is -0.391 e. The molecule has 0 bridgehead atoms. The zero-order valence-electron chi connectivity index (χ0n) is 18.2. The summed E-state index contributed by atoms with van der Waals surface area (Å²) < 4.78 is 32.4. The van der Waals surface area contributed by atoms with Gasteiger partial charge in [0.25, 0.3) is 5.91 Å². The molecule has 1 saturated heterocycles. The monoisotopic (exact) mass is 473 g/mol. The van der Waals surface area contributed by atoms with Gasteiger partial charge in [0.05, 0.1) is 24.2 Å². The molecule has 0 radical (unpaired) electrons. The van der Waals surface area contributed by atoms with Crippen LogP contribution >= 0.6 is 0 Å². The molecule has 0 aromatic heterocycles. The van der Waals surface area contributed by atoms with Gasteiger partial charge in [-0.15, -0.1) is 0 Å². The SMILES string of the molecule is CC(O)[C@H](NS(=O)(=O)c1ccc(C#Cc2ccc(CN3CCOCC3)cc2)cc1)C(=O)NO. The first-order chi connectivity index (χ1) is 15.8. The molecule has 2 aromatic carbocycles. The summed E-state index contributed by atoms with van der Waals surface area (Å²) in [6, 6.07) is 12.3. The van der Waals surface area contributed by atoms with Gasteiger partial charge in [-0.2, -0.15) is 4.72 Å². The van der Waals surface area contributed by atoms with Crippen LogP contribution in [0.15, 0.2) is 53.4 Å². The van der Waals surface area contributed by atoms with E-state index in [9.17, 15) is 18.3 Å². The minimum absolute atomic E-state index is 0.100. The quantitative estimate of drug-likeness (QED) is 0.261. The Balaban J connectivity index is 1.64. The molecule has 1 aliphatic rings. The third kappa shape index (κ3) is 7.10. The average Bonchev–Trinajstić information content (AvgIpc) is 2.82. The van der Waals surface area contributed by atoms with Gasteiger partial charge in [0.2, 0.25) is 10.0 Å². The van der Waals surface area contributed by atoms with Gasteiger partial charge in [-0.05, 0) is 48.9 Å². The maximum absolute atomic E-state index is 12.5. The largest absolute Gasteiger partial charge is 0.391 e. The van der Waals surface area contributed by atoms with Crippen LogP contribution in [0.4, 0.5) is 0 Å². The topological polar surface area (TPSA) is 128 Å². The highest BCUT2D eigenvalue weighted by atomic mass is 32.2. The van der Waals surface area contributed by atoms with Gasteiger partial charge >= 0.3 is 0 Å². The first kappa shape index (κ1) is 24.9. The number of hydrogen-bond donors (Lipinski definition) is 4. The number of nitrogens with one attached hydrogen (secondary N) is 2. The smallest absolute Gasteiger partial charge is 0.264 e. The Labute approximate surface area is 193 Å². The maximum Gasteiger partial charge on any atom is 0.264 e. The van der Waals surface area contributed by atoms with Crippen LogP contribution in [0, 0.1) is 11.8 Å². The highest BCUT2D eigenvalue weighted by Crippen LogP contribution is 2.13. The second kappa shape index (κ2) is 11.4. The number of hydrogen-bond acceptors (Lipinski definition) is 7. The Morgan fingerprint density at radius 2 is 1.61 bits per heavy atom. The molecule has 9 nitrogen and oxygen atoms in total. The third-order valence-electron chi connectivity index (χ3n) is 5.14. The molecule has 1 heterocycles. The van der Waals surface area contributed by atoms with E-state index in [-0.39, 0.29) is 4.90 Å². The summed E-state index contributed by atoms with van der Waals surface area (Å²) in [6.07, 6.45) is -1.35. The lowest BCUT2D eigenvalue weighted by atomic mass is 10.1. The summed E-state index contributed by atoms with van der Waals surface area (Å²) in [4.78, 5) is 13.8. The van der Waals surface area contributed by atoms with E-state index in [1.807, 2.05) is 24.3 Å². The van der Waals surface area contributed by atoms with Crippen LogP contribution in [0.2, 0.25) is 0 Å². The van der Waals surface area contributed by atoms with Gasteiger partial charge in [0, 0.05) is 30.8 Å². The lowest BCUT2D eigenvalue weighted by Gasteiger charge is -2.26. The number of carbonyl (C=O) groups is 1. The summed E-state index contributed by atoms with van der Waals surface area (Å²) in [5.41, 5.74) is 4.00. The Kier molecular flexibility index (Phi) is 8.57. The number of aliphatic hydroxyl groups is 1.